The summed E-state index contributed by atoms with van der Waals surface area (Å²) in [5.41, 5.74) is 0.748. The van der Waals surface area contributed by atoms with Gasteiger partial charge in [-0.25, -0.2) is 4.79 Å². The predicted octanol–water partition coefficient (Wildman–Crippen LogP) is 1.97. The third-order valence-corrected chi connectivity index (χ3v) is 4.50. The second-order valence-electron chi connectivity index (χ2n) is 3.59. The van der Waals surface area contributed by atoms with Crippen LogP contribution in [-0.4, -0.2) is 27.3 Å². The standard InChI is InChI=1S/C11H7NO3S2/c13-9-7(4-6-2-1-3-16-6)10-12(9)8(5-17-10)11(14)15/h1-5,10H,(H,14,15)/b7-4-/t10-/m0/s1. The van der Waals surface area contributed by atoms with Crippen LogP contribution < -0.4 is 0 Å². The van der Waals surface area contributed by atoms with Crippen molar-refractivity contribution in [2.24, 2.45) is 0 Å². The summed E-state index contributed by atoms with van der Waals surface area (Å²) in [6.07, 6.45) is 1.83. The molecule has 2 aliphatic heterocycles. The van der Waals surface area contributed by atoms with E-state index in [4.69, 9.17) is 5.11 Å². The first-order valence-electron chi connectivity index (χ1n) is 4.86. The van der Waals surface area contributed by atoms with E-state index in [1.807, 2.05) is 23.6 Å². The molecule has 0 bridgehead atoms. The first-order chi connectivity index (χ1) is 8.18. The van der Waals surface area contributed by atoms with Gasteiger partial charge in [-0.3, -0.25) is 9.69 Å². The minimum absolute atomic E-state index is 0.0772. The van der Waals surface area contributed by atoms with E-state index in [1.165, 1.54) is 22.1 Å². The van der Waals surface area contributed by atoms with Gasteiger partial charge in [0.1, 0.15) is 11.1 Å². The van der Waals surface area contributed by atoms with Gasteiger partial charge < -0.3 is 5.11 Å². The smallest absolute Gasteiger partial charge is 0.353 e. The minimum Gasteiger partial charge on any atom is -0.477 e. The molecule has 4 nitrogen and oxygen atoms in total. The lowest BCUT2D eigenvalue weighted by atomic mass is 10.0. The summed E-state index contributed by atoms with van der Waals surface area (Å²) in [5, 5.41) is 12.2. The largest absolute Gasteiger partial charge is 0.477 e. The zero-order chi connectivity index (χ0) is 12.0. The van der Waals surface area contributed by atoms with Crippen LogP contribution in [0.3, 0.4) is 0 Å². The summed E-state index contributed by atoms with van der Waals surface area (Å²) >= 11 is 2.91. The van der Waals surface area contributed by atoms with Gasteiger partial charge in [-0.2, -0.15) is 0 Å². The van der Waals surface area contributed by atoms with E-state index in [2.05, 4.69) is 0 Å². The number of β-lactam (4-membered cyclic amide) rings is 1. The van der Waals surface area contributed by atoms with Crippen molar-refractivity contribution in [3.63, 3.8) is 0 Å². The number of carbonyl (C=O) groups excluding carboxylic acids is 1. The van der Waals surface area contributed by atoms with Crippen LogP contribution in [0.1, 0.15) is 4.88 Å². The molecule has 1 saturated heterocycles. The number of fused-ring (bicyclic) bond motifs is 1. The molecule has 1 N–H and O–H groups in total. The second kappa shape index (κ2) is 3.75. The lowest BCUT2D eigenvalue weighted by molar-refractivity contribution is -0.141. The van der Waals surface area contributed by atoms with Crippen LogP contribution in [0.25, 0.3) is 6.08 Å². The quantitative estimate of drug-likeness (QED) is 0.656. The third kappa shape index (κ3) is 1.52. The van der Waals surface area contributed by atoms with Gasteiger partial charge in [0, 0.05) is 10.3 Å². The van der Waals surface area contributed by atoms with Crippen LogP contribution in [0.5, 0.6) is 0 Å². The van der Waals surface area contributed by atoms with Gasteiger partial charge in [0.2, 0.25) is 0 Å². The highest BCUT2D eigenvalue weighted by atomic mass is 32.2. The molecule has 1 fully saturated rings. The first-order valence-corrected chi connectivity index (χ1v) is 6.68. The molecule has 0 spiro atoms. The maximum Gasteiger partial charge on any atom is 0.353 e. The van der Waals surface area contributed by atoms with E-state index >= 15 is 0 Å². The molecule has 1 aromatic heterocycles. The van der Waals surface area contributed by atoms with Crippen molar-refractivity contribution < 1.29 is 14.7 Å². The summed E-state index contributed by atoms with van der Waals surface area (Å²) in [6, 6.07) is 3.85. The Morgan fingerprint density at radius 2 is 2.35 bits per heavy atom. The number of rotatable bonds is 2. The van der Waals surface area contributed by atoms with E-state index < -0.39 is 5.97 Å². The number of nitrogens with zero attached hydrogens (tertiary/aromatic N) is 1. The SMILES string of the molecule is O=C(O)C1=CS[C@H]2/C(=C\c3cccs3)C(=O)N12. The highest BCUT2D eigenvalue weighted by molar-refractivity contribution is 8.03. The molecular formula is C11H7NO3S2. The van der Waals surface area contributed by atoms with Crippen molar-refractivity contribution in [3.8, 4) is 0 Å². The molecule has 0 radical (unpaired) electrons. The van der Waals surface area contributed by atoms with Gasteiger partial charge in [-0.05, 0) is 17.5 Å². The Kier molecular flexibility index (Phi) is 2.34. The van der Waals surface area contributed by atoms with Gasteiger partial charge in [0.05, 0.1) is 5.57 Å². The van der Waals surface area contributed by atoms with Crippen LogP contribution in [0.4, 0.5) is 0 Å². The fraction of sp³-hybridized carbons (Fsp3) is 0.0909. The lowest BCUT2D eigenvalue weighted by Crippen LogP contribution is -2.51. The molecule has 0 aliphatic carbocycles. The molecule has 0 aromatic carbocycles. The van der Waals surface area contributed by atoms with Gasteiger partial charge in [-0.1, -0.05) is 6.07 Å². The van der Waals surface area contributed by atoms with E-state index in [1.54, 1.807) is 11.3 Å². The monoisotopic (exact) mass is 265 g/mol. The van der Waals surface area contributed by atoms with E-state index in [0.717, 1.165) is 4.88 Å². The molecule has 2 aliphatic rings. The van der Waals surface area contributed by atoms with Crippen LogP contribution in [0, 0.1) is 0 Å². The highest BCUT2D eigenvalue weighted by Crippen LogP contribution is 2.45. The Bertz CT molecular complexity index is 559. The van der Waals surface area contributed by atoms with Crippen molar-refractivity contribution in [2.45, 2.75) is 5.37 Å². The van der Waals surface area contributed by atoms with Crippen LogP contribution in [-0.2, 0) is 9.59 Å². The summed E-state index contributed by atoms with van der Waals surface area (Å²) in [5.74, 6) is -1.26. The molecule has 3 rings (SSSR count). The fourth-order valence-electron chi connectivity index (χ4n) is 1.79. The Morgan fingerprint density at radius 3 is 3.00 bits per heavy atom. The predicted molar refractivity (Wildman–Crippen MR) is 66.2 cm³/mol. The average molecular weight is 265 g/mol. The van der Waals surface area contributed by atoms with Crippen molar-refractivity contribution in [1.82, 2.24) is 4.90 Å². The minimum atomic E-state index is -1.05. The van der Waals surface area contributed by atoms with Crippen LogP contribution >= 0.6 is 23.1 Å². The normalized spacial score (nSPS) is 24.6. The van der Waals surface area contributed by atoms with Gasteiger partial charge >= 0.3 is 5.97 Å². The summed E-state index contributed by atoms with van der Waals surface area (Å²) < 4.78 is 0. The average Bonchev–Trinajstić information content (AvgIpc) is 2.93. The number of carboxylic acid groups (broad SMARTS) is 1. The molecule has 17 heavy (non-hydrogen) atoms. The van der Waals surface area contributed by atoms with Crippen molar-refractivity contribution in [2.75, 3.05) is 0 Å². The van der Waals surface area contributed by atoms with E-state index in [9.17, 15) is 9.59 Å². The molecule has 3 heterocycles. The molecule has 1 aromatic rings. The van der Waals surface area contributed by atoms with Crippen LogP contribution in [0.15, 0.2) is 34.2 Å². The molecule has 1 amide bonds. The van der Waals surface area contributed by atoms with Crippen molar-refractivity contribution in [3.05, 3.63) is 39.1 Å². The zero-order valence-corrected chi connectivity index (χ0v) is 10.1. The Hall–Kier alpha value is -1.53. The number of hydrogen-bond donors (Lipinski definition) is 1. The van der Waals surface area contributed by atoms with E-state index in [-0.39, 0.29) is 17.0 Å². The Labute approximate surface area is 105 Å². The highest BCUT2D eigenvalue weighted by Gasteiger charge is 2.49. The molecule has 86 valence electrons. The maximum absolute atomic E-state index is 11.8. The number of hydrogen-bond acceptors (Lipinski definition) is 4. The molecule has 0 saturated carbocycles. The maximum atomic E-state index is 11.8. The summed E-state index contributed by atoms with van der Waals surface area (Å²) in [7, 11) is 0. The molecule has 0 unspecified atom stereocenters. The van der Waals surface area contributed by atoms with Gasteiger partial charge in [0.25, 0.3) is 5.91 Å². The lowest BCUT2D eigenvalue weighted by Gasteiger charge is -2.37. The van der Waals surface area contributed by atoms with Gasteiger partial charge in [0.15, 0.2) is 0 Å². The molecule has 1 atom stereocenters. The third-order valence-electron chi connectivity index (χ3n) is 2.59. The summed E-state index contributed by atoms with van der Waals surface area (Å²) in [6.45, 7) is 0. The number of amides is 1. The van der Waals surface area contributed by atoms with Crippen molar-refractivity contribution >= 4 is 41.1 Å². The van der Waals surface area contributed by atoms with E-state index in [0.29, 0.717) is 5.57 Å². The number of carbonyl (C=O) groups is 2. The number of thiophene rings is 1. The Morgan fingerprint density at radius 1 is 1.53 bits per heavy atom. The van der Waals surface area contributed by atoms with Gasteiger partial charge in [-0.15, -0.1) is 23.1 Å². The topological polar surface area (TPSA) is 57.6 Å². The zero-order valence-electron chi connectivity index (χ0n) is 8.49. The number of carboxylic acids is 1. The van der Waals surface area contributed by atoms with Crippen molar-refractivity contribution in [1.29, 1.82) is 0 Å². The number of thioether (sulfide) groups is 1. The molecule has 6 heteroatoms. The number of aliphatic carboxylic acids is 1. The van der Waals surface area contributed by atoms with Crippen LogP contribution in [0.2, 0.25) is 0 Å². The molecular weight excluding hydrogens is 258 g/mol. The summed E-state index contributed by atoms with van der Waals surface area (Å²) in [4.78, 5) is 25.0. The first kappa shape index (κ1) is 10.6. The second-order valence-corrected chi connectivity index (χ2v) is 5.52. The fourth-order valence-corrected chi connectivity index (χ4v) is 3.58. The Balaban J connectivity index is 1.87.